The van der Waals surface area contributed by atoms with Crippen LogP contribution >= 0.6 is 0 Å². The van der Waals surface area contributed by atoms with E-state index in [-0.39, 0.29) is 38.2 Å². The van der Waals surface area contributed by atoms with Crippen molar-refractivity contribution in [3.8, 4) is 0 Å². The summed E-state index contributed by atoms with van der Waals surface area (Å²) in [6, 6.07) is 0. The molecular weight excluding hydrogens is 1080 g/mol. The van der Waals surface area contributed by atoms with Gasteiger partial charge in [0.05, 0.1) is 34.4 Å². The maximum Gasteiger partial charge on any atom is 0.361 e. The molecule has 0 aromatic rings. The first-order valence-corrected chi connectivity index (χ1v) is 37.8. The van der Waals surface area contributed by atoms with Crippen molar-refractivity contribution in [1.29, 1.82) is 0 Å². The molecule has 0 aromatic heterocycles. The van der Waals surface area contributed by atoms with Gasteiger partial charge in [0.2, 0.25) is 0 Å². The molecule has 0 rings (SSSR count). The Kier molecular flexibility index (Phi) is 67.0. The number of esters is 2. The van der Waals surface area contributed by atoms with E-state index in [1.54, 1.807) is 0 Å². The van der Waals surface area contributed by atoms with E-state index in [2.05, 4.69) is 62.5 Å². The Bertz CT molecular complexity index is 1570. The Morgan fingerprint density at radius 1 is 0.345 bits per heavy atom. The smallest absolute Gasteiger partial charge is 0.361 e. The molecule has 0 saturated carbocycles. The molecule has 2 atom stereocenters. The third kappa shape index (κ3) is 70.6. The maximum atomic E-state index is 13.0. The van der Waals surface area contributed by atoms with E-state index in [0.29, 0.717) is 17.4 Å². The molecule has 0 amide bonds. The number of quaternary nitrogens is 1. The SMILES string of the molecule is CCCCCCC/C=C\C/C=C\C/C=C\CCCCCCCCCCCCCCCCCCCCCCCCCCC(=O)OC(COC(=O)CCCCCCCCCCCCC/C=C\CCCCCCCCCC)COC(OCC[N+](C)(C)C)C(=O)O. The molecule has 2 unspecified atom stereocenters. The molecule has 510 valence electrons. The van der Waals surface area contributed by atoms with E-state index in [9.17, 15) is 19.5 Å². The van der Waals surface area contributed by atoms with E-state index in [0.717, 1.165) is 51.4 Å². The first-order chi connectivity index (χ1) is 42.6. The van der Waals surface area contributed by atoms with Gasteiger partial charge < -0.3 is 28.5 Å². The minimum atomic E-state index is -1.51. The van der Waals surface area contributed by atoms with Gasteiger partial charge in [-0.1, -0.05) is 332 Å². The topological polar surface area (TPSA) is 108 Å². The molecular formula is C78H146NO8+. The summed E-state index contributed by atoms with van der Waals surface area (Å²) in [5, 5.41) is 9.75. The average Bonchev–Trinajstić information content (AvgIpc) is 3.55. The number of nitrogens with zero attached hydrogens (tertiary/aromatic N) is 1. The molecule has 0 radical (unpaired) electrons. The van der Waals surface area contributed by atoms with Gasteiger partial charge in [0.1, 0.15) is 13.2 Å². The van der Waals surface area contributed by atoms with Gasteiger partial charge in [-0.15, -0.1) is 0 Å². The molecule has 0 heterocycles. The van der Waals surface area contributed by atoms with Crippen LogP contribution in [0, 0.1) is 0 Å². The second-order valence-corrected chi connectivity index (χ2v) is 27.0. The number of allylic oxidation sites excluding steroid dienone is 8. The van der Waals surface area contributed by atoms with Gasteiger partial charge in [-0.25, -0.2) is 4.79 Å². The number of ether oxygens (including phenoxy) is 4. The summed E-state index contributed by atoms with van der Waals surface area (Å²) >= 11 is 0. The van der Waals surface area contributed by atoms with Gasteiger partial charge in [-0.2, -0.15) is 0 Å². The summed E-state index contributed by atoms with van der Waals surface area (Å²) in [6.45, 7) is 4.93. The maximum absolute atomic E-state index is 13.0. The van der Waals surface area contributed by atoms with Crippen LogP contribution < -0.4 is 0 Å². The van der Waals surface area contributed by atoms with E-state index in [4.69, 9.17) is 18.9 Å². The largest absolute Gasteiger partial charge is 0.477 e. The van der Waals surface area contributed by atoms with E-state index in [1.807, 2.05) is 21.1 Å². The lowest BCUT2D eigenvalue weighted by Gasteiger charge is -2.25. The number of unbranched alkanes of at least 4 members (excludes halogenated alkanes) is 48. The number of rotatable bonds is 71. The third-order valence-electron chi connectivity index (χ3n) is 17.1. The summed E-state index contributed by atoms with van der Waals surface area (Å²) in [5.41, 5.74) is 0. The van der Waals surface area contributed by atoms with Gasteiger partial charge in [-0.3, -0.25) is 9.59 Å². The molecule has 9 heteroatoms. The molecule has 0 aromatic carbocycles. The van der Waals surface area contributed by atoms with Gasteiger partial charge in [0.25, 0.3) is 6.29 Å². The zero-order valence-electron chi connectivity index (χ0n) is 58.5. The summed E-state index contributed by atoms with van der Waals surface area (Å²) in [5.74, 6) is -1.98. The molecule has 0 aliphatic carbocycles. The number of hydrogen-bond donors (Lipinski definition) is 1. The van der Waals surface area contributed by atoms with E-state index < -0.39 is 18.4 Å². The molecule has 0 saturated heterocycles. The summed E-state index contributed by atoms with van der Waals surface area (Å²) in [7, 11) is 5.99. The summed E-state index contributed by atoms with van der Waals surface area (Å²) in [4.78, 5) is 37.6. The minimum Gasteiger partial charge on any atom is -0.477 e. The number of carboxylic acids is 1. The van der Waals surface area contributed by atoms with Gasteiger partial charge in [0.15, 0.2) is 6.10 Å². The predicted molar refractivity (Wildman–Crippen MR) is 374 cm³/mol. The number of hydrogen-bond acceptors (Lipinski definition) is 7. The van der Waals surface area contributed by atoms with Crippen LogP contribution in [-0.4, -0.2) is 87.4 Å². The summed E-state index contributed by atoms with van der Waals surface area (Å²) < 4.78 is 23.0. The van der Waals surface area contributed by atoms with Gasteiger partial charge >= 0.3 is 17.9 Å². The highest BCUT2D eigenvalue weighted by molar-refractivity contribution is 5.71. The summed E-state index contributed by atoms with van der Waals surface area (Å²) in [6.07, 6.45) is 86.8. The fraction of sp³-hybridized carbons (Fsp3) is 0.859. The highest BCUT2D eigenvalue weighted by atomic mass is 16.7. The van der Waals surface area contributed by atoms with Crippen molar-refractivity contribution < 1.29 is 42.9 Å². The zero-order valence-corrected chi connectivity index (χ0v) is 58.5. The first-order valence-electron chi connectivity index (χ1n) is 37.8. The molecule has 0 spiro atoms. The fourth-order valence-corrected chi connectivity index (χ4v) is 11.3. The quantitative estimate of drug-likeness (QED) is 0.0211. The Morgan fingerprint density at radius 2 is 0.621 bits per heavy atom. The van der Waals surface area contributed by atoms with Crippen molar-refractivity contribution in [2.45, 2.75) is 386 Å². The molecule has 0 bridgehead atoms. The number of carboxylic acid groups (broad SMARTS) is 1. The van der Waals surface area contributed by atoms with Crippen LogP contribution in [0.5, 0.6) is 0 Å². The lowest BCUT2D eigenvalue weighted by atomic mass is 10.0. The second-order valence-electron chi connectivity index (χ2n) is 27.0. The highest BCUT2D eigenvalue weighted by Gasteiger charge is 2.25. The van der Waals surface area contributed by atoms with Crippen LogP contribution in [0.4, 0.5) is 0 Å². The van der Waals surface area contributed by atoms with Crippen molar-refractivity contribution in [2.75, 3.05) is 47.5 Å². The first kappa shape index (κ1) is 84.2. The second kappa shape index (κ2) is 69.1. The minimum absolute atomic E-state index is 0.178. The molecule has 0 aliphatic rings. The van der Waals surface area contributed by atoms with Crippen LogP contribution in [0.2, 0.25) is 0 Å². The molecule has 0 fully saturated rings. The van der Waals surface area contributed by atoms with Gasteiger partial charge in [-0.05, 0) is 77.0 Å². The van der Waals surface area contributed by atoms with Crippen LogP contribution in [0.15, 0.2) is 48.6 Å². The predicted octanol–water partition coefficient (Wildman–Crippen LogP) is 23.7. The Balaban J connectivity index is 3.98. The van der Waals surface area contributed by atoms with Crippen molar-refractivity contribution in [3.05, 3.63) is 48.6 Å². The number of carbonyl (C=O) groups excluding carboxylic acids is 2. The fourth-order valence-electron chi connectivity index (χ4n) is 11.3. The standard InChI is InChI=1S/C78H145NO8/c1-6-8-10-12-14-16-18-20-22-24-26-28-30-31-32-33-34-35-36-37-38-39-40-41-42-43-44-45-47-49-51-53-55-57-59-61-63-65-67-69-76(81)87-74(73-86-78(77(82)83)84-71-70-79(3,4)5)72-85-75(80)68-66-64-62-60-58-56-54-52-50-48-46-29-27-25-23-21-19-17-15-13-11-9-7-2/h18,20,24-27,30-31,74,78H,6-17,19,21-23,28-29,32-73H2,1-5H3/p+1/b20-18-,26-24-,27-25-,31-30-. The monoisotopic (exact) mass is 1230 g/mol. The van der Waals surface area contributed by atoms with Crippen LogP contribution in [-0.2, 0) is 33.3 Å². The Labute approximate surface area is 540 Å². The van der Waals surface area contributed by atoms with Crippen molar-refractivity contribution >= 4 is 17.9 Å². The lowest BCUT2D eigenvalue weighted by molar-refractivity contribution is -0.870. The van der Waals surface area contributed by atoms with E-state index >= 15 is 0 Å². The Hall–Kier alpha value is -2.75. The lowest BCUT2D eigenvalue weighted by Crippen LogP contribution is -2.40. The molecule has 1 N–H and O–H groups in total. The number of carbonyl (C=O) groups is 3. The van der Waals surface area contributed by atoms with Crippen LogP contribution in [0.3, 0.4) is 0 Å². The normalized spacial score (nSPS) is 12.9. The Morgan fingerprint density at radius 3 is 0.931 bits per heavy atom. The van der Waals surface area contributed by atoms with Crippen molar-refractivity contribution in [2.24, 2.45) is 0 Å². The van der Waals surface area contributed by atoms with Crippen molar-refractivity contribution in [1.82, 2.24) is 0 Å². The third-order valence-corrected chi connectivity index (χ3v) is 17.1. The zero-order chi connectivity index (χ0) is 63.3. The number of aliphatic carboxylic acids is 1. The highest BCUT2D eigenvalue weighted by Crippen LogP contribution is 2.19. The van der Waals surface area contributed by atoms with E-state index in [1.165, 1.54) is 295 Å². The van der Waals surface area contributed by atoms with Gasteiger partial charge in [0, 0.05) is 12.8 Å². The van der Waals surface area contributed by atoms with Crippen LogP contribution in [0.1, 0.15) is 373 Å². The number of likely N-dealkylation sites (N-methyl/N-ethyl adjacent to an activating group) is 1. The van der Waals surface area contributed by atoms with Crippen LogP contribution in [0.25, 0.3) is 0 Å². The molecule has 87 heavy (non-hydrogen) atoms. The van der Waals surface area contributed by atoms with Crippen molar-refractivity contribution in [3.63, 3.8) is 0 Å². The molecule has 0 aliphatic heterocycles. The average molecular weight is 1230 g/mol. The molecule has 9 nitrogen and oxygen atoms in total.